The summed E-state index contributed by atoms with van der Waals surface area (Å²) in [5, 5.41) is 41.2. The van der Waals surface area contributed by atoms with E-state index in [-0.39, 0.29) is 12.3 Å². The van der Waals surface area contributed by atoms with Crippen molar-refractivity contribution < 1.29 is 15.3 Å². The van der Waals surface area contributed by atoms with Crippen LogP contribution in [0, 0.1) is 34.5 Å². The van der Waals surface area contributed by atoms with E-state index in [0.29, 0.717) is 29.9 Å². The number of hydrogen-bond acceptors (Lipinski definition) is 4. The van der Waals surface area contributed by atoms with Gasteiger partial charge in [0.15, 0.2) is 0 Å². The lowest BCUT2D eigenvalue weighted by molar-refractivity contribution is -0.141. The van der Waals surface area contributed by atoms with E-state index in [1.807, 2.05) is 6.07 Å². The predicted octanol–water partition coefficient (Wildman–Crippen LogP) is 3.50. The summed E-state index contributed by atoms with van der Waals surface area (Å²) in [6.07, 6.45) is 3.54. The molecule has 1 aromatic rings. The summed E-state index contributed by atoms with van der Waals surface area (Å²) < 4.78 is 0. The summed E-state index contributed by atoms with van der Waals surface area (Å²) in [6, 6.07) is 7.89. The van der Waals surface area contributed by atoms with Gasteiger partial charge in [-0.2, -0.15) is 5.26 Å². The molecule has 0 bridgehead atoms. The number of benzene rings is 1. The van der Waals surface area contributed by atoms with Gasteiger partial charge in [-0.05, 0) is 72.6 Å². The van der Waals surface area contributed by atoms with E-state index in [4.69, 9.17) is 0 Å². The number of aromatic hydroxyl groups is 1. The molecule has 7 atom stereocenters. The number of fused-ring (bicyclic) bond motifs is 5. The van der Waals surface area contributed by atoms with Gasteiger partial charge in [-0.25, -0.2) is 0 Å². The lowest BCUT2D eigenvalue weighted by Gasteiger charge is -2.55. The number of aliphatic hydroxyl groups excluding tert-OH is 1. The molecule has 4 nitrogen and oxygen atoms in total. The zero-order valence-corrected chi connectivity index (χ0v) is 15.7. The third kappa shape index (κ3) is 2.20. The van der Waals surface area contributed by atoms with Crippen molar-refractivity contribution in [2.24, 2.45) is 23.2 Å². The number of hydrogen-bond donors (Lipinski definition) is 3. The summed E-state index contributed by atoms with van der Waals surface area (Å²) >= 11 is 0. The Bertz CT molecular complexity index is 756. The van der Waals surface area contributed by atoms with E-state index in [1.54, 1.807) is 6.07 Å². The number of aliphatic hydroxyl groups is 2. The Morgan fingerprint density at radius 2 is 2.12 bits per heavy atom. The molecule has 140 valence electrons. The fourth-order valence-corrected chi connectivity index (χ4v) is 6.74. The van der Waals surface area contributed by atoms with Crippen molar-refractivity contribution >= 4 is 0 Å². The van der Waals surface area contributed by atoms with Gasteiger partial charge >= 0.3 is 0 Å². The minimum Gasteiger partial charge on any atom is -0.508 e. The molecule has 2 fully saturated rings. The van der Waals surface area contributed by atoms with Crippen LogP contribution in [0.15, 0.2) is 18.2 Å². The molecule has 26 heavy (non-hydrogen) atoms. The molecule has 0 radical (unpaired) electrons. The third-order valence-electron chi connectivity index (χ3n) is 8.17. The van der Waals surface area contributed by atoms with Crippen LogP contribution in [-0.4, -0.2) is 27.0 Å². The highest BCUT2D eigenvalue weighted by atomic mass is 16.3. The van der Waals surface area contributed by atoms with Gasteiger partial charge in [0.25, 0.3) is 0 Å². The molecule has 0 aliphatic heterocycles. The summed E-state index contributed by atoms with van der Waals surface area (Å²) in [6.45, 7) is 4.31. The molecule has 3 N–H and O–H groups in total. The number of phenolic OH excluding ortho intramolecular Hbond substituents is 1. The zero-order valence-electron chi connectivity index (χ0n) is 15.7. The number of phenols is 1. The van der Waals surface area contributed by atoms with Crippen molar-refractivity contribution in [3.63, 3.8) is 0 Å². The molecule has 2 saturated carbocycles. The molecule has 1 aromatic carbocycles. The van der Waals surface area contributed by atoms with Gasteiger partial charge in [0.05, 0.1) is 18.6 Å². The molecule has 4 rings (SSSR count). The van der Waals surface area contributed by atoms with Gasteiger partial charge in [-0.3, -0.25) is 0 Å². The van der Waals surface area contributed by atoms with Crippen LogP contribution in [0.25, 0.3) is 0 Å². The van der Waals surface area contributed by atoms with Gasteiger partial charge in [0, 0.05) is 5.41 Å². The summed E-state index contributed by atoms with van der Waals surface area (Å²) in [5.41, 5.74) is 0.882. The molecule has 0 unspecified atom stereocenters. The van der Waals surface area contributed by atoms with E-state index < -0.39 is 17.1 Å². The molecular formula is C22H29NO3. The minimum absolute atomic E-state index is 0.000194. The smallest absolute Gasteiger partial charge is 0.115 e. The Balaban J connectivity index is 1.78. The average molecular weight is 355 g/mol. The first-order valence-electron chi connectivity index (χ1n) is 9.95. The lowest BCUT2D eigenvalue weighted by atomic mass is 9.50. The molecule has 0 aromatic heterocycles. The van der Waals surface area contributed by atoms with Crippen molar-refractivity contribution in [1.29, 1.82) is 5.26 Å². The van der Waals surface area contributed by atoms with Crippen LogP contribution in [0.5, 0.6) is 5.75 Å². The van der Waals surface area contributed by atoms with Crippen molar-refractivity contribution in [3.05, 3.63) is 29.3 Å². The van der Waals surface area contributed by atoms with E-state index in [0.717, 1.165) is 25.7 Å². The summed E-state index contributed by atoms with van der Waals surface area (Å²) in [5.74, 6) is 1.87. The third-order valence-corrected chi connectivity index (χ3v) is 8.17. The quantitative estimate of drug-likeness (QED) is 0.758. The molecule has 0 amide bonds. The van der Waals surface area contributed by atoms with Crippen LogP contribution >= 0.6 is 0 Å². The number of nitrogens with zero attached hydrogens (tertiary/aromatic N) is 1. The highest BCUT2D eigenvalue weighted by molar-refractivity contribution is 5.41. The monoisotopic (exact) mass is 355 g/mol. The summed E-state index contributed by atoms with van der Waals surface area (Å²) in [7, 11) is 0. The van der Waals surface area contributed by atoms with Crippen LogP contribution in [0.2, 0.25) is 0 Å². The van der Waals surface area contributed by atoms with Crippen LogP contribution in [0.4, 0.5) is 0 Å². The average Bonchev–Trinajstić information content (AvgIpc) is 2.81. The second-order valence-electron chi connectivity index (χ2n) is 9.01. The molecule has 0 saturated heterocycles. The topological polar surface area (TPSA) is 84.5 Å². The first-order chi connectivity index (χ1) is 12.4. The van der Waals surface area contributed by atoms with Crippen LogP contribution in [0.3, 0.4) is 0 Å². The Hall–Kier alpha value is -1.57. The molecule has 4 heteroatoms. The largest absolute Gasteiger partial charge is 0.508 e. The van der Waals surface area contributed by atoms with Crippen LogP contribution in [-0.2, 0) is 6.42 Å². The van der Waals surface area contributed by atoms with Crippen molar-refractivity contribution in [1.82, 2.24) is 0 Å². The first-order valence-corrected chi connectivity index (χ1v) is 9.95. The van der Waals surface area contributed by atoms with Crippen LogP contribution in [0.1, 0.15) is 63.0 Å². The Morgan fingerprint density at radius 3 is 2.81 bits per heavy atom. The van der Waals surface area contributed by atoms with Crippen LogP contribution < -0.4 is 0 Å². The second kappa shape index (κ2) is 5.97. The maximum absolute atomic E-state index is 11.3. The van der Waals surface area contributed by atoms with E-state index in [9.17, 15) is 20.6 Å². The second-order valence-corrected chi connectivity index (χ2v) is 9.01. The minimum atomic E-state index is -1.30. The fraction of sp³-hybridized carbons (Fsp3) is 0.682. The Morgan fingerprint density at radius 1 is 1.35 bits per heavy atom. The number of rotatable bonds is 2. The lowest BCUT2D eigenvalue weighted by Crippen LogP contribution is -2.55. The Kier molecular flexibility index (Phi) is 4.09. The van der Waals surface area contributed by atoms with Crippen molar-refractivity contribution in [2.45, 2.75) is 70.0 Å². The highest BCUT2D eigenvalue weighted by Crippen LogP contribution is 2.66. The molecule has 3 aliphatic carbocycles. The van der Waals surface area contributed by atoms with E-state index >= 15 is 0 Å². The van der Waals surface area contributed by atoms with E-state index in [2.05, 4.69) is 26.0 Å². The molecular weight excluding hydrogens is 326 g/mol. The van der Waals surface area contributed by atoms with Gasteiger partial charge < -0.3 is 15.3 Å². The van der Waals surface area contributed by atoms with Gasteiger partial charge in [0.1, 0.15) is 11.4 Å². The fourth-order valence-electron chi connectivity index (χ4n) is 6.74. The predicted molar refractivity (Wildman–Crippen MR) is 98.5 cm³/mol. The standard InChI is InChI=1S/C22H29NO3/c1-3-13-10-14-11-15(24)4-5-16(14)17-6-7-21(2)18(20(13)17)12-19(25)22(21,26)8-9-23/h4-5,11,13,17-20,24-26H,3,6-8,10,12H2,1-2H3/t13-,17-,18+,19-,20-,21+,22+/m1/s1. The number of nitriles is 1. The van der Waals surface area contributed by atoms with Gasteiger partial charge in [0.2, 0.25) is 0 Å². The van der Waals surface area contributed by atoms with E-state index in [1.165, 1.54) is 11.1 Å². The molecule has 0 heterocycles. The van der Waals surface area contributed by atoms with Gasteiger partial charge in [-0.1, -0.05) is 26.3 Å². The summed E-state index contributed by atoms with van der Waals surface area (Å²) in [4.78, 5) is 0. The zero-order chi connectivity index (χ0) is 18.7. The molecule has 3 aliphatic rings. The maximum Gasteiger partial charge on any atom is 0.115 e. The SMILES string of the molecule is CC[C@@H]1Cc2cc(O)ccc2[C@H]2CC[C@@]3(C)[C@@H](C[C@@H](O)[C@@]3(O)CC#N)[C@H]12. The van der Waals surface area contributed by atoms with Gasteiger partial charge in [-0.15, -0.1) is 0 Å². The maximum atomic E-state index is 11.3. The normalized spacial score (nSPS) is 43.9. The van der Waals surface area contributed by atoms with Crippen molar-refractivity contribution in [3.8, 4) is 11.8 Å². The highest BCUT2D eigenvalue weighted by Gasteiger charge is 2.66. The Labute approximate surface area is 155 Å². The molecule has 0 spiro atoms. The van der Waals surface area contributed by atoms with Crippen molar-refractivity contribution in [2.75, 3.05) is 0 Å². The first kappa shape index (κ1) is 17.8.